The minimum atomic E-state index is -0.745. The number of hydrogen-bond acceptors (Lipinski definition) is 5. The van der Waals surface area contributed by atoms with E-state index < -0.39 is 11.5 Å². The van der Waals surface area contributed by atoms with E-state index in [1.807, 2.05) is 45.0 Å². The fourth-order valence-electron chi connectivity index (χ4n) is 3.98. The summed E-state index contributed by atoms with van der Waals surface area (Å²) in [5, 5.41) is 20.4. The van der Waals surface area contributed by atoms with E-state index in [1.165, 1.54) is 0 Å². The van der Waals surface area contributed by atoms with Gasteiger partial charge in [-0.3, -0.25) is 4.79 Å². The predicted molar refractivity (Wildman–Crippen MR) is 110 cm³/mol. The number of carbonyl (C=O) groups excluding carboxylic acids is 1. The van der Waals surface area contributed by atoms with E-state index in [-0.39, 0.29) is 24.8 Å². The first-order valence-corrected chi connectivity index (χ1v) is 10.3. The number of aryl methyl sites for hydroxylation is 2. The molecule has 2 atom stereocenters. The Hall–Kier alpha value is -2.31. The van der Waals surface area contributed by atoms with Crippen molar-refractivity contribution in [3.05, 3.63) is 53.0 Å². The van der Waals surface area contributed by atoms with Gasteiger partial charge in [0.2, 0.25) is 0 Å². The van der Waals surface area contributed by atoms with Gasteiger partial charge in [-0.2, -0.15) is 0 Å². The molecule has 2 heterocycles. The zero-order chi connectivity index (χ0) is 21.0. The second-order valence-electron chi connectivity index (χ2n) is 8.08. The van der Waals surface area contributed by atoms with E-state index >= 15 is 0 Å². The summed E-state index contributed by atoms with van der Waals surface area (Å²) < 4.78 is 11.5. The average molecular weight is 402 g/mol. The zero-order valence-corrected chi connectivity index (χ0v) is 17.5. The Balaban J connectivity index is 1.64. The Bertz CT molecular complexity index is 828. The molecular weight excluding hydrogens is 370 g/mol. The highest BCUT2D eigenvalue weighted by molar-refractivity contribution is 5.92. The lowest BCUT2D eigenvalue weighted by atomic mass is 9.73. The number of likely N-dealkylation sites (tertiary alicyclic amines) is 1. The van der Waals surface area contributed by atoms with Crippen molar-refractivity contribution in [3.63, 3.8) is 0 Å². The van der Waals surface area contributed by atoms with Crippen LogP contribution in [0.25, 0.3) is 0 Å². The van der Waals surface area contributed by atoms with E-state index in [0.29, 0.717) is 25.3 Å². The van der Waals surface area contributed by atoms with E-state index in [9.17, 15) is 15.0 Å². The Kier molecular flexibility index (Phi) is 6.65. The van der Waals surface area contributed by atoms with Gasteiger partial charge < -0.3 is 24.3 Å². The van der Waals surface area contributed by atoms with Crippen molar-refractivity contribution in [2.24, 2.45) is 5.41 Å². The molecule has 158 valence electrons. The van der Waals surface area contributed by atoms with Crippen LogP contribution in [0.1, 0.15) is 53.6 Å². The molecule has 1 amide bonds. The molecule has 0 radical (unpaired) electrons. The molecule has 6 nitrogen and oxygen atoms in total. The van der Waals surface area contributed by atoms with E-state index in [2.05, 4.69) is 0 Å². The van der Waals surface area contributed by atoms with Gasteiger partial charge in [-0.05, 0) is 44.9 Å². The Morgan fingerprint density at radius 2 is 2.03 bits per heavy atom. The Morgan fingerprint density at radius 3 is 2.66 bits per heavy atom. The van der Waals surface area contributed by atoms with Gasteiger partial charge in [0.05, 0.1) is 12.7 Å². The fourth-order valence-corrected chi connectivity index (χ4v) is 3.98. The third kappa shape index (κ3) is 4.65. The Labute approximate surface area is 172 Å². The monoisotopic (exact) mass is 401 g/mol. The zero-order valence-electron chi connectivity index (χ0n) is 17.5. The lowest BCUT2D eigenvalue weighted by molar-refractivity contribution is -0.0717. The summed E-state index contributed by atoms with van der Waals surface area (Å²) in [6.45, 7) is 6.82. The third-order valence-corrected chi connectivity index (χ3v) is 5.98. The van der Waals surface area contributed by atoms with Gasteiger partial charge >= 0.3 is 0 Å². The summed E-state index contributed by atoms with van der Waals surface area (Å²) in [6.07, 6.45) is 1.46. The van der Waals surface area contributed by atoms with Crippen molar-refractivity contribution in [1.29, 1.82) is 0 Å². The van der Waals surface area contributed by atoms with Gasteiger partial charge in [-0.1, -0.05) is 31.0 Å². The summed E-state index contributed by atoms with van der Waals surface area (Å²) >= 11 is 0. The van der Waals surface area contributed by atoms with Crippen molar-refractivity contribution in [2.75, 3.05) is 19.7 Å². The molecule has 0 spiro atoms. The van der Waals surface area contributed by atoms with Crippen molar-refractivity contribution >= 4 is 5.91 Å². The van der Waals surface area contributed by atoms with Crippen molar-refractivity contribution in [2.45, 2.75) is 52.7 Å². The molecule has 1 aliphatic heterocycles. The molecule has 2 N–H and O–H groups in total. The highest BCUT2D eigenvalue weighted by atomic mass is 16.5. The van der Waals surface area contributed by atoms with Gasteiger partial charge in [-0.15, -0.1) is 0 Å². The van der Waals surface area contributed by atoms with Crippen LogP contribution in [0.5, 0.6) is 5.75 Å². The standard InChI is InChI=1S/C23H31NO5/c1-4-9-23(15-25)10-11-24(13-21(23)26)22(27)20-12-18(17(3)29-20)14-28-19-7-5-16(2)6-8-19/h5-8,12,21,25-26H,4,9-11,13-15H2,1-3H3/t21-,23-/m1/s1. The minimum absolute atomic E-state index is 0.0651. The summed E-state index contributed by atoms with van der Waals surface area (Å²) in [5.74, 6) is 1.43. The number of ether oxygens (including phenoxy) is 1. The van der Waals surface area contributed by atoms with Gasteiger partial charge in [0, 0.05) is 24.1 Å². The number of hydrogen-bond donors (Lipinski definition) is 2. The average Bonchev–Trinajstić information content (AvgIpc) is 3.09. The molecule has 29 heavy (non-hydrogen) atoms. The Morgan fingerprint density at radius 1 is 1.31 bits per heavy atom. The number of aliphatic hydroxyl groups is 2. The van der Waals surface area contributed by atoms with Crippen LogP contribution in [-0.4, -0.2) is 46.8 Å². The number of amides is 1. The lowest BCUT2D eigenvalue weighted by Gasteiger charge is -2.44. The molecule has 1 aromatic heterocycles. The molecule has 2 aromatic rings. The van der Waals surface area contributed by atoms with Crippen LogP contribution in [-0.2, 0) is 6.61 Å². The molecule has 0 aliphatic carbocycles. The molecular formula is C23H31NO5. The first-order chi connectivity index (χ1) is 13.9. The SMILES string of the molecule is CCC[C@]1(CO)CCN(C(=O)c2cc(COc3ccc(C)cc3)c(C)o2)C[C@H]1O. The number of benzene rings is 1. The van der Waals surface area contributed by atoms with Crippen LogP contribution >= 0.6 is 0 Å². The first kappa shape index (κ1) is 21.4. The largest absolute Gasteiger partial charge is 0.489 e. The van der Waals surface area contributed by atoms with Crippen LogP contribution in [0.2, 0.25) is 0 Å². The molecule has 1 fully saturated rings. The second kappa shape index (κ2) is 9.01. The molecule has 0 unspecified atom stereocenters. The smallest absolute Gasteiger partial charge is 0.289 e. The van der Waals surface area contributed by atoms with E-state index in [0.717, 1.165) is 29.7 Å². The molecule has 1 saturated heterocycles. The van der Waals surface area contributed by atoms with Gasteiger partial charge in [-0.25, -0.2) is 0 Å². The highest BCUT2D eigenvalue weighted by Gasteiger charge is 2.42. The molecule has 3 rings (SSSR count). The highest BCUT2D eigenvalue weighted by Crippen LogP contribution is 2.36. The number of furan rings is 1. The topological polar surface area (TPSA) is 83.1 Å². The van der Waals surface area contributed by atoms with Gasteiger partial charge in [0.1, 0.15) is 18.1 Å². The van der Waals surface area contributed by atoms with Crippen LogP contribution in [0.15, 0.2) is 34.7 Å². The number of aliphatic hydroxyl groups excluding tert-OH is 2. The third-order valence-electron chi connectivity index (χ3n) is 5.98. The number of β-amino-alcohol motifs (C(OH)–C–C–N with tert-alkyl or cyclic N) is 1. The number of nitrogens with zero attached hydrogens (tertiary/aromatic N) is 1. The molecule has 1 aliphatic rings. The van der Waals surface area contributed by atoms with Crippen molar-refractivity contribution in [3.8, 4) is 5.75 Å². The quantitative estimate of drug-likeness (QED) is 0.742. The van der Waals surface area contributed by atoms with E-state index in [4.69, 9.17) is 9.15 Å². The lowest BCUT2D eigenvalue weighted by Crippen LogP contribution is -2.54. The minimum Gasteiger partial charge on any atom is -0.489 e. The molecule has 0 bridgehead atoms. The number of piperidine rings is 1. The molecule has 1 aromatic carbocycles. The molecule has 6 heteroatoms. The first-order valence-electron chi connectivity index (χ1n) is 10.3. The number of carbonyl (C=O) groups is 1. The maximum absolute atomic E-state index is 12.9. The molecule has 0 saturated carbocycles. The van der Waals surface area contributed by atoms with Crippen molar-refractivity contribution in [1.82, 2.24) is 4.90 Å². The normalized spacial score (nSPS) is 22.0. The van der Waals surface area contributed by atoms with Crippen LogP contribution < -0.4 is 4.74 Å². The maximum Gasteiger partial charge on any atom is 0.289 e. The van der Waals surface area contributed by atoms with Crippen LogP contribution in [0.3, 0.4) is 0 Å². The van der Waals surface area contributed by atoms with Crippen LogP contribution in [0, 0.1) is 19.3 Å². The maximum atomic E-state index is 12.9. The number of rotatable bonds is 7. The summed E-state index contributed by atoms with van der Waals surface area (Å²) in [5.41, 5.74) is 1.47. The summed E-state index contributed by atoms with van der Waals surface area (Å²) in [6, 6.07) is 9.52. The predicted octanol–water partition coefficient (Wildman–Crippen LogP) is 3.46. The van der Waals surface area contributed by atoms with Gasteiger partial charge in [0.25, 0.3) is 5.91 Å². The summed E-state index contributed by atoms with van der Waals surface area (Å²) in [7, 11) is 0. The fraction of sp³-hybridized carbons (Fsp3) is 0.522. The summed E-state index contributed by atoms with van der Waals surface area (Å²) in [4.78, 5) is 14.5. The van der Waals surface area contributed by atoms with Crippen LogP contribution in [0.4, 0.5) is 0 Å². The van der Waals surface area contributed by atoms with Gasteiger partial charge in [0.15, 0.2) is 5.76 Å². The van der Waals surface area contributed by atoms with Crippen molar-refractivity contribution < 1.29 is 24.2 Å². The second-order valence-corrected chi connectivity index (χ2v) is 8.08. The van der Waals surface area contributed by atoms with E-state index in [1.54, 1.807) is 11.0 Å².